The number of hydrogen-bond donors (Lipinski definition) is 1. The third kappa shape index (κ3) is 4.34. The molecule has 0 aliphatic carbocycles. The van der Waals surface area contributed by atoms with Crippen LogP contribution in [0.4, 0.5) is 0 Å². The van der Waals surface area contributed by atoms with Crippen molar-refractivity contribution in [1.82, 2.24) is 0 Å². The number of carbonyl (C=O) groups is 1. The van der Waals surface area contributed by atoms with Gasteiger partial charge in [-0.25, -0.2) is 4.79 Å². The molecule has 1 N–H and O–H groups in total. The minimum atomic E-state index is -0.849. The molecule has 0 bridgehead atoms. The quantitative estimate of drug-likeness (QED) is 0.833. The van der Waals surface area contributed by atoms with E-state index in [9.17, 15) is 4.79 Å². The zero-order chi connectivity index (χ0) is 13.1. The Balaban J connectivity index is 2.86. The van der Waals surface area contributed by atoms with Gasteiger partial charge in [-0.2, -0.15) is 0 Å². The highest BCUT2D eigenvalue weighted by Gasteiger charge is 2.19. The van der Waals surface area contributed by atoms with Gasteiger partial charge in [0, 0.05) is 9.52 Å². The van der Waals surface area contributed by atoms with Gasteiger partial charge in [0.15, 0.2) is 0 Å². The first-order valence-electron chi connectivity index (χ1n) is 6.16. The molecule has 0 spiro atoms. The lowest BCUT2D eigenvalue weighted by atomic mass is 10.1. The van der Waals surface area contributed by atoms with Crippen LogP contribution in [-0.4, -0.2) is 20.6 Å². The molecule has 0 amide bonds. The van der Waals surface area contributed by atoms with Crippen molar-refractivity contribution in [3.63, 3.8) is 0 Å². The monoisotopic (exact) mass is 250 g/mol. The Bertz CT molecular complexity index is 376. The Morgan fingerprint density at radius 3 is 2.18 bits per heavy atom. The Morgan fingerprint density at radius 2 is 1.82 bits per heavy atom. The van der Waals surface area contributed by atoms with Crippen LogP contribution >= 0.6 is 0 Å². The second-order valence-corrected chi connectivity index (χ2v) is 9.31. The van der Waals surface area contributed by atoms with Gasteiger partial charge in [-0.3, -0.25) is 0 Å². The standard InChI is InChI=1S/C14H22O2Si/c1-5-12(17-14(2,3)4)10-6-8-11(9-7-10)13(15)16/h6-9,12H,5,17H2,1-4H3,(H,15,16). The molecule has 0 radical (unpaired) electrons. The maximum atomic E-state index is 10.8. The number of carboxylic acids is 1. The van der Waals surface area contributed by atoms with E-state index in [1.807, 2.05) is 12.1 Å². The average Bonchev–Trinajstić information content (AvgIpc) is 2.25. The van der Waals surface area contributed by atoms with Crippen molar-refractivity contribution in [1.29, 1.82) is 0 Å². The number of hydrogen-bond acceptors (Lipinski definition) is 1. The lowest BCUT2D eigenvalue weighted by Gasteiger charge is -2.24. The number of rotatable bonds is 4. The van der Waals surface area contributed by atoms with Crippen molar-refractivity contribution in [2.75, 3.05) is 0 Å². The summed E-state index contributed by atoms with van der Waals surface area (Å²) in [5.41, 5.74) is 2.33. The van der Waals surface area contributed by atoms with Gasteiger partial charge in [0.2, 0.25) is 0 Å². The van der Waals surface area contributed by atoms with Crippen LogP contribution in [0.1, 0.15) is 55.6 Å². The summed E-state index contributed by atoms with van der Waals surface area (Å²) in [5, 5.41) is 9.30. The second kappa shape index (κ2) is 5.49. The predicted octanol–water partition coefficient (Wildman–Crippen LogP) is 3.22. The van der Waals surface area contributed by atoms with Gasteiger partial charge in [-0.1, -0.05) is 46.2 Å². The Hall–Kier alpha value is -1.09. The van der Waals surface area contributed by atoms with Crippen LogP contribution in [0.15, 0.2) is 24.3 Å². The summed E-state index contributed by atoms with van der Waals surface area (Å²) < 4.78 is 0. The molecule has 0 aliphatic rings. The third-order valence-electron chi connectivity index (χ3n) is 2.98. The van der Waals surface area contributed by atoms with Crippen molar-refractivity contribution in [3.8, 4) is 0 Å². The van der Waals surface area contributed by atoms with Crippen LogP contribution in [-0.2, 0) is 0 Å². The lowest BCUT2D eigenvalue weighted by molar-refractivity contribution is 0.0697. The largest absolute Gasteiger partial charge is 0.478 e. The SMILES string of the molecule is CCC([SiH2]C(C)(C)C)c1ccc(C(=O)O)cc1. The van der Waals surface area contributed by atoms with E-state index in [4.69, 9.17) is 5.11 Å². The first-order valence-corrected chi connectivity index (χ1v) is 7.69. The predicted molar refractivity (Wildman–Crippen MR) is 74.7 cm³/mol. The summed E-state index contributed by atoms with van der Waals surface area (Å²) in [7, 11) is -0.214. The summed E-state index contributed by atoms with van der Waals surface area (Å²) in [5.74, 6) is -0.849. The van der Waals surface area contributed by atoms with E-state index in [-0.39, 0.29) is 9.52 Å². The molecule has 3 heteroatoms. The van der Waals surface area contributed by atoms with Crippen molar-refractivity contribution in [2.45, 2.75) is 44.7 Å². The fourth-order valence-electron chi connectivity index (χ4n) is 2.13. The molecule has 1 aromatic carbocycles. The van der Waals surface area contributed by atoms with Crippen molar-refractivity contribution >= 4 is 15.5 Å². The van der Waals surface area contributed by atoms with Crippen molar-refractivity contribution < 1.29 is 9.90 Å². The molecule has 0 saturated heterocycles. The summed E-state index contributed by atoms with van der Waals surface area (Å²) in [4.78, 5) is 10.8. The van der Waals surface area contributed by atoms with Gasteiger partial charge in [-0.05, 0) is 28.3 Å². The molecule has 0 aliphatic heterocycles. The molecule has 94 valence electrons. The van der Waals surface area contributed by atoms with Gasteiger partial charge in [0.25, 0.3) is 0 Å². The summed E-state index contributed by atoms with van der Waals surface area (Å²) in [6.45, 7) is 9.11. The normalized spacial score (nSPS) is 14.1. The van der Waals surface area contributed by atoms with Crippen LogP contribution in [0.2, 0.25) is 5.04 Å². The van der Waals surface area contributed by atoms with E-state index in [1.54, 1.807) is 12.1 Å². The van der Waals surface area contributed by atoms with Gasteiger partial charge in [-0.15, -0.1) is 0 Å². The summed E-state index contributed by atoms with van der Waals surface area (Å²) in [6.07, 6.45) is 1.15. The third-order valence-corrected chi connectivity index (χ3v) is 5.75. The number of carboxylic acid groups (broad SMARTS) is 1. The van der Waals surface area contributed by atoms with E-state index in [0.717, 1.165) is 6.42 Å². The zero-order valence-electron chi connectivity index (χ0n) is 11.2. The zero-order valence-corrected chi connectivity index (χ0v) is 12.6. The van der Waals surface area contributed by atoms with E-state index < -0.39 is 5.97 Å². The number of benzene rings is 1. The fraction of sp³-hybridized carbons (Fsp3) is 0.500. The van der Waals surface area contributed by atoms with E-state index in [2.05, 4.69) is 27.7 Å². The maximum absolute atomic E-state index is 10.8. The van der Waals surface area contributed by atoms with Crippen LogP contribution in [0.25, 0.3) is 0 Å². The fourth-order valence-corrected chi connectivity index (χ4v) is 4.41. The van der Waals surface area contributed by atoms with Gasteiger partial charge in [0.05, 0.1) is 5.56 Å². The van der Waals surface area contributed by atoms with E-state index >= 15 is 0 Å². The average molecular weight is 250 g/mol. The Morgan fingerprint density at radius 1 is 1.29 bits per heavy atom. The molecule has 1 rings (SSSR count). The van der Waals surface area contributed by atoms with Crippen LogP contribution in [0.3, 0.4) is 0 Å². The molecule has 0 aromatic heterocycles. The molecule has 2 nitrogen and oxygen atoms in total. The topological polar surface area (TPSA) is 37.3 Å². The maximum Gasteiger partial charge on any atom is 0.335 e. The summed E-state index contributed by atoms with van der Waals surface area (Å²) >= 11 is 0. The first-order chi connectivity index (χ1) is 7.83. The van der Waals surface area contributed by atoms with Gasteiger partial charge >= 0.3 is 5.97 Å². The Kier molecular flexibility index (Phi) is 4.51. The first kappa shape index (κ1) is 14.0. The minimum Gasteiger partial charge on any atom is -0.478 e. The second-order valence-electron chi connectivity index (χ2n) is 5.80. The molecule has 0 saturated carbocycles. The van der Waals surface area contributed by atoms with E-state index in [1.165, 1.54) is 5.56 Å². The lowest BCUT2D eigenvalue weighted by Crippen LogP contribution is -2.17. The molecule has 1 atom stereocenters. The highest BCUT2D eigenvalue weighted by molar-refractivity contribution is 6.41. The molecular formula is C14H22O2Si. The molecule has 0 heterocycles. The van der Waals surface area contributed by atoms with Crippen LogP contribution in [0, 0.1) is 0 Å². The highest BCUT2D eigenvalue weighted by atomic mass is 28.2. The highest BCUT2D eigenvalue weighted by Crippen LogP contribution is 2.30. The van der Waals surface area contributed by atoms with Crippen molar-refractivity contribution in [2.24, 2.45) is 0 Å². The minimum absolute atomic E-state index is 0.214. The molecular weight excluding hydrogens is 228 g/mol. The summed E-state index contributed by atoms with van der Waals surface area (Å²) in [6, 6.07) is 7.40. The molecule has 1 aromatic rings. The van der Waals surface area contributed by atoms with Gasteiger partial charge in [0.1, 0.15) is 0 Å². The van der Waals surface area contributed by atoms with E-state index in [0.29, 0.717) is 16.1 Å². The van der Waals surface area contributed by atoms with Crippen molar-refractivity contribution in [3.05, 3.63) is 35.4 Å². The number of aromatic carboxylic acids is 1. The Labute approximate surface area is 106 Å². The molecule has 0 fully saturated rings. The van der Waals surface area contributed by atoms with Crippen LogP contribution < -0.4 is 0 Å². The molecule has 17 heavy (non-hydrogen) atoms. The smallest absolute Gasteiger partial charge is 0.335 e. The van der Waals surface area contributed by atoms with Crippen LogP contribution in [0.5, 0.6) is 0 Å². The van der Waals surface area contributed by atoms with Gasteiger partial charge < -0.3 is 5.11 Å². The molecule has 1 unspecified atom stereocenters.